The quantitative estimate of drug-likeness (QED) is 0.821. The van der Waals surface area contributed by atoms with Gasteiger partial charge in [0.05, 0.1) is 24.8 Å². The topological polar surface area (TPSA) is 59.9 Å². The molecule has 26 heavy (non-hydrogen) atoms. The Labute approximate surface area is 157 Å². The molecule has 0 bridgehead atoms. The molecule has 3 rings (SSSR count). The number of hydrogen-bond donors (Lipinski definition) is 1. The van der Waals surface area contributed by atoms with E-state index in [9.17, 15) is 4.79 Å². The molecule has 1 N–H and O–H groups in total. The molecule has 1 fully saturated rings. The van der Waals surface area contributed by atoms with Crippen LogP contribution in [-0.2, 0) is 4.79 Å². The molecule has 134 valence electrons. The van der Waals surface area contributed by atoms with Crippen molar-refractivity contribution in [2.75, 3.05) is 14.2 Å². The highest BCUT2D eigenvalue weighted by molar-refractivity contribution is 8.18. The van der Waals surface area contributed by atoms with Crippen molar-refractivity contribution in [2.24, 2.45) is 4.99 Å². The van der Waals surface area contributed by atoms with E-state index in [1.807, 2.05) is 50.2 Å². The number of nitrogens with zero attached hydrogens (tertiary/aromatic N) is 1. The van der Waals surface area contributed by atoms with Crippen molar-refractivity contribution in [3.63, 3.8) is 0 Å². The summed E-state index contributed by atoms with van der Waals surface area (Å²) in [6, 6.07) is 11.5. The minimum atomic E-state index is -0.177. The minimum absolute atomic E-state index is 0.177. The molecular formula is C20H20N2O3S. The summed E-state index contributed by atoms with van der Waals surface area (Å²) in [5, 5.41) is 3.39. The highest BCUT2D eigenvalue weighted by Gasteiger charge is 2.24. The van der Waals surface area contributed by atoms with E-state index in [-0.39, 0.29) is 5.91 Å². The summed E-state index contributed by atoms with van der Waals surface area (Å²) in [5.41, 5.74) is 3.82. The zero-order valence-corrected chi connectivity index (χ0v) is 15.9. The van der Waals surface area contributed by atoms with E-state index < -0.39 is 0 Å². The van der Waals surface area contributed by atoms with Gasteiger partial charge in [-0.3, -0.25) is 4.79 Å². The molecule has 1 saturated heterocycles. The zero-order valence-electron chi connectivity index (χ0n) is 15.1. The molecule has 1 heterocycles. The number of aliphatic imine (C=N–C) groups is 1. The predicted molar refractivity (Wildman–Crippen MR) is 106 cm³/mol. The maximum absolute atomic E-state index is 12.3. The highest BCUT2D eigenvalue weighted by atomic mass is 32.2. The Morgan fingerprint density at radius 3 is 2.62 bits per heavy atom. The summed E-state index contributed by atoms with van der Waals surface area (Å²) in [6.45, 7) is 4.02. The number of methoxy groups -OCH3 is 2. The lowest BCUT2D eigenvalue weighted by atomic mass is 10.1. The fraction of sp³-hybridized carbons (Fsp3) is 0.200. The van der Waals surface area contributed by atoms with Gasteiger partial charge >= 0.3 is 0 Å². The lowest BCUT2D eigenvalue weighted by Crippen LogP contribution is -2.19. The van der Waals surface area contributed by atoms with Gasteiger partial charge in [-0.2, -0.15) is 0 Å². The van der Waals surface area contributed by atoms with Gasteiger partial charge in [0.25, 0.3) is 5.91 Å². The SMILES string of the molecule is COc1ccc(OC)c(C=C2SC(=Nc3cc(C)ccc3C)NC2=O)c1. The fourth-order valence-electron chi connectivity index (χ4n) is 2.52. The van der Waals surface area contributed by atoms with E-state index >= 15 is 0 Å². The number of rotatable bonds is 4. The Balaban J connectivity index is 1.92. The molecule has 5 nitrogen and oxygen atoms in total. The number of ether oxygens (including phenoxy) is 2. The normalized spacial score (nSPS) is 16.8. The van der Waals surface area contributed by atoms with Crippen LogP contribution in [0.5, 0.6) is 11.5 Å². The first-order valence-electron chi connectivity index (χ1n) is 8.09. The van der Waals surface area contributed by atoms with E-state index in [4.69, 9.17) is 9.47 Å². The van der Waals surface area contributed by atoms with Gasteiger partial charge in [0, 0.05) is 5.56 Å². The molecular weight excluding hydrogens is 348 g/mol. The third-order valence-electron chi connectivity index (χ3n) is 3.96. The van der Waals surface area contributed by atoms with Crippen LogP contribution in [0.3, 0.4) is 0 Å². The second-order valence-corrected chi connectivity index (χ2v) is 6.91. The first-order chi connectivity index (χ1) is 12.5. The van der Waals surface area contributed by atoms with Crippen molar-refractivity contribution < 1.29 is 14.3 Å². The van der Waals surface area contributed by atoms with Gasteiger partial charge in [-0.1, -0.05) is 12.1 Å². The largest absolute Gasteiger partial charge is 0.497 e. The van der Waals surface area contributed by atoms with Crippen LogP contribution in [0.4, 0.5) is 5.69 Å². The van der Waals surface area contributed by atoms with Crippen molar-refractivity contribution >= 4 is 34.6 Å². The number of hydrogen-bond acceptors (Lipinski definition) is 5. The summed E-state index contributed by atoms with van der Waals surface area (Å²) in [6.07, 6.45) is 1.78. The predicted octanol–water partition coefficient (Wildman–Crippen LogP) is 4.21. The number of carbonyl (C=O) groups excluding carboxylic acids is 1. The molecule has 0 aliphatic carbocycles. The molecule has 0 spiro atoms. The van der Waals surface area contributed by atoms with Crippen molar-refractivity contribution in [1.29, 1.82) is 0 Å². The number of thioether (sulfide) groups is 1. The smallest absolute Gasteiger partial charge is 0.264 e. The Bertz CT molecular complexity index is 919. The Hall–Kier alpha value is -2.73. The molecule has 1 aliphatic rings. The first kappa shape index (κ1) is 18.1. The van der Waals surface area contributed by atoms with Gasteiger partial charge in [-0.15, -0.1) is 0 Å². The third-order valence-corrected chi connectivity index (χ3v) is 4.87. The molecule has 1 aliphatic heterocycles. The monoisotopic (exact) mass is 368 g/mol. The van der Waals surface area contributed by atoms with Crippen molar-refractivity contribution in [3.8, 4) is 11.5 Å². The molecule has 0 unspecified atom stereocenters. The molecule has 0 aromatic heterocycles. The third kappa shape index (κ3) is 3.91. The number of aryl methyl sites for hydroxylation is 2. The Kier molecular flexibility index (Phi) is 5.32. The van der Waals surface area contributed by atoms with Gasteiger partial charge in [0.15, 0.2) is 5.17 Å². The first-order valence-corrected chi connectivity index (χ1v) is 8.90. The van der Waals surface area contributed by atoms with Crippen LogP contribution < -0.4 is 14.8 Å². The van der Waals surface area contributed by atoms with Crippen LogP contribution >= 0.6 is 11.8 Å². The summed E-state index contributed by atoms with van der Waals surface area (Å²) >= 11 is 1.31. The van der Waals surface area contributed by atoms with Crippen molar-refractivity contribution in [1.82, 2.24) is 5.32 Å². The lowest BCUT2D eigenvalue weighted by molar-refractivity contribution is -0.115. The van der Waals surface area contributed by atoms with Crippen LogP contribution in [0, 0.1) is 13.8 Å². The summed E-state index contributed by atoms with van der Waals surface area (Å²) < 4.78 is 10.6. The van der Waals surface area contributed by atoms with Crippen LogP contribution in [0.2, 0.25) is 0 Å². The van der Waals surface area contributed by atoms with Gasteiger partial charge in [0.2, 0.25) is 0 Å². The van der Waals surface area contributed by atoms with E-state index in [2.05, 4.69) is 10.3 Å². The van der Waals surface area contributed by atoms with Gasteiger partial charge in [-0.25, -0.2) is 4.99 Å². The van der Waals surface area contributed by atoms with Crippen LogP contribution in [0.1, 0.15) is 16.7 Å². The lowest BCUT2D eigenvalue weighted by Gasteiger charge is -2.07. The molecule has 2 aromatic carbocycles. The van der Waals surface area contributed by atoms with Crippen LogP contribution in [0.15, 0.2) is 46.3 Å². The standard InChI is InChI=1S/C20H20N2O3S/c1-12-5-6-13(2)16(9-12)21-20-22-19(23)18(26-20)11-14-10-15(24-3)7-8-17(14)25-4/h5-11H,1-4H3,(H,21,22,23). The maximum atomic E-state index is 12.3. The van der Waals surface area contributed by atoms with Gasteiger partial charge in [0.1, 0.15) is 11.5 Å². The van der Waals surface area contributed by atoms with Crippen molar-refractivity contribution in [3.05, 3.63) is 58.0 Å². The number of nitrogens with one attached hydrogen (secondary N) is 1. The number of benzene rings is 2. The Morgan fingerprint density at radius 2 is 1.88 bits per heavy atom. The Morgan fingerprint density at radius 1 is 1.08 bits per heavy atom. The molecule has 0 atom stereocenters. The van der Waals surface area contributed by atoms with E-state index in [1.54, 1.807) is 20.3 Å². The molecule has 1 amide bonds. The molecule has 6 heteroatoms. The minimum Gasteiger partial charge on any atom is -0.497 e. The molecule has 0 radical (unpaired) electrons. The summed E-state index contributed by atoms with van der Waals surface area (Å²) in [5.74, 6) is 1.20. The summed E-state index contributed by atoms with van der Waals surface area (Å²) in [7, 11) is 3.20. The summed E-state index contributed by atoms with van der Waals surface area (Å²) in [4.78, 5) is 17.5. The number of amidine groups is 1. The van der Waals surface area contributed by atoms with E-state index in [0.29, 0.717) is 21.6 Å². The van der Waals surface area contributed by atoms with Crippen molar-refractivity contribution in [2.45, 2.75) is 13.8 Å². The van der Waals surface area contributed by atoms with Gasteiger partial charge < -0.3 is 14.8 Å². The zero-order chi connectivity index (χ0) is 18.7. The average molecular weight is 368 g/mol. The number of carbonyl (C=O) groups is 1. The number of amides is 1. The molecule has 0 saturated carbocycles. The van der Waals surface area contributed by atoms with Crippen LogP contribution in [-0.4, -0.2) is 25.3 Å². The highest BCUT2D eigenvalue weighted by Crippen LogP contribution is 2.32. The maximum Gasteiger partial charge on any atom is 0.264 e. The van der Waals surface area contributed by atoms with Gasteiger partial charge in [-0.05, 0) is 67.1 Å². The fourth-order valence-corrected chi connectivity index (χ4v) is 3.35. The second kappa shape index (κ2) is 7.66. The van der Waals surface area contributed by atoms with E-state index in [1.165, 1.54) is 11.8 Å². The second-order valence-electron chi connectivity index (χ2n) is 5.88. The van der Waals surface area contributed by atoms with E-state index in [0.717, 1.165) is 22.4 Å². The molecule has 2 aromatic rings. The van der Waals surface area contributed by atoms with Crippen LogP contribution in [0.25, 0.3) is 6.08 Å². The average Bonchev–Trinajstić information content (AvgIpc) is 2.97.